The first-order valence-electron chi connectivity index (χ1n) is 7.12. The van der Waals surface area contributed by atoms with Gasteiger partial charge in [-0.3, -0.25) is 4.79 Å². The number of amides is 1. The Bertz CT molecular complexity index is 818. The Hall–Kier alpha value is -1.85. The smallest absolute Gasteiger partial charge is 0.242 e. The quantitative estimate of drug-likeness (QED) is 0.895. The van der Waals surface area contributed by atoms with E-state index in [1.54, 1.807) is 42.5 Å². The standard InChI is InChI=1S/C17H18ClNO3S/c1-12-6-5-7-14(10-12)11-23(21,22)13(2)17(20)19-16-9-4-3-8-15(16)18/h3-10,13H,11H2,1-2H3,(H,19,20). The molecule has 0 radical (unpaired) electrons. The van der Waals surface area contributed by atoms with Gasteiger partial charge in [0.05, 0.1) is 16.5 Å². The van der Waals surface area contributed by atoms with Crippen LogP contribution in [0, 0.1) is 6.92 Å². The van der Waals surface area contributed by atoms with Crippen molar-refractivity contribution in [3.8, 4) is 0 Å². The minimum Gasteiger partial charge on any atom is -0.324 e. The van der Waals surface area contributed by atoms with Crippen LogP contribution in [0.4, 0.5) is 5.69 Å². The van der Waals surface area contributed by atoms with E-state index in [0.717, 1.165) is 5.56 Å². The van der Waals surface area contributed by atoms with Crippen molar-refractivity contribution in [3.63, 3.8) is 0 Å². The van der Waals surface area contributed by atoms with Gasteiger partial charge in [0.25, 0.3) is 0 Å². The number of anilines is 1. The van der Waals surface area contributed by atoms with Crippen LogP contribution in [0.5, 0.6) is 0 Å². The highest BCUT2D eigenvalue weighted by Crippen LogP contribution is 2.21. The van der Waals surface area contributed by atoms with Crippen molar-refractivity contribution in [2.24, 2.45) is 0 Å². The maximum absolute atomic E-state index is 12.4. The van der Waals surface area contributed by atoms with E-state index in [1.807, 2.05) is 13.0 Å². The lowest BCUT2D eigenvalue weighted by atomic mass is 10.2. The number of rotatable bonds is 5. The number of carbonyl (C=O) groups excluding carboxylic acids is 1. The Balaban J connectivity index is 2.13. The van der Waals surface area contributed by atoms with E-state index in [4.69, 9.17) is 11.6 Å². The van der Waals surface area contributed by atoms with Crippen LogP contribution in [0.3, 0.4) is 0 Å². The topological polar surface area (TPSA) is 63.2 Å². The first-order chi connectivity index (χ1) is 10.8. The SMILES string of the molecule is Cc1cccc(CS(=O)(=O)C(C)C(=O)Nc2ccccc2Cl)c1. The van der Waals surface area contributed by atoms with Crippen molar-refractivity contribution in [1.29, 1.82) is 0 Å². The number of hydrogen-bond donors (Lipinski definition) is 1. The molecule has 6 heteroatoms. The predicted molar refractivity (Wildman–Crippen MR) is 93.3 cm³/mol. The van der Waals surface area contributed by atoms with E-state index >= 15 is 0 Å². The minimum atomic E-state index is -3.62. The molecule has 1 N–H and O–H groups in total. The zero-order chi connectivity index (χ0) is 17.0. The molecule has 1 atom stereocenters. The molecule has 0 spiro atoms. The van der Waals surface area contributed by atoms with Crippen molar-refractivity contribution in [2.75, 3.05) is 5.32 Å². The van der Waals surface area contributed by atoms with Gasteiger partial charge in [-0.25, -0.2) is 8.42 Å². The molecule has 4 nitrogen and oxygen atoms in total. The molecular formula is C17H18ClNO3S. The fourth-order valence-corrected chi connectivity index (χ4v) is 3.58. The molecule has 0 saturated heterocycles. The van der Waals surface area contributed by atoms with E-state index in [1.165, 1.54) is 6.92 Å². The first-order valence-corrected chi connectivity index (χ1v) is 9.21. The maximum Gasteiger partial charge on any atom is 0.242 e. The van der Waals surface area contributed by atoms with Crippen LogP contribution < -0.4 is 5.32 Å². The summed E-state index contributed by atoms with van der Waals surface area (Å²) in [6, 6.07) is 13.9. The van der Waals surface area contributed by atoms with Gasteiger partial charge in [-0.15, -0.1) is 0 Å². The van der Waals surface area contributed by atoms with Crippen LogP contribution >= 0.6 is 11.6 Å². The van der Waals surface area contributed by atoms with Gasteiger partial charge in [-0.2, -0.15) is 0 Å². The lowest BCUT2D eigenvalue weighted by Gasteiger charge is -2.14. The largest absolute Gasteiger partial charge is 0.324 e. The molecule has 23 heavy (non-hydrogen) atoms. The van der Waals surface area contributed by atoms with E-state index < -0.39 is 21.0 Å². The highest BCUT2D eigenvalue weighted by molar-refractivity contribution is 7.92. The van der Waals surface area contributed by atoms with E-state index in [-0.39, 0.29) is 5.75 Å². The molecule has 0 aromatic heterocycles. The summed E-state index contributed by atoms with van der Waals surface area (Å²) >= 11 is 5.97. The van der Waals surface area contributed by atoms with Crippen LogP contribution in [0.25, 0.3) is 0 Å². The average molecular weight is 352 g/mol. The van der Waals surface area contributed by atoms with Gasteiger partial charge in [0.1, 0.15) is 5.25 Å². The zero-order valence-corrected chi connectivity index (χ0v) is 14.5. The molecule has 0 bridgehead atoms. The van der Waals surface area contributed by atoms with Crippen LogP contribution in [-0.2, 0) is 20.4 Å². The third-order valence-corrected chi connectivity index (χ3v) is 5.85. The van der Waals surface area contributed by atoms with Crippen LogP contribution in [0.2, 0.25) is 5.02 Å². The molecule has 2 aromatic carbocycles. The molecule has 2 aromatic rings. The molecule has 0 saturated carbocycles. The second-order valence-electron chi connectivity index (χ2n) is 5.41. The van der Waals surface area contributed by atoms with Gasteiger partial charge in [-0.1, -0.05) is 53.6 Å². The Labute approximate surface area is 141 Å². The lowest BCUT2D eigenvalue weighted by Crippen LogP contribution is -2.33. The molecule has 0 aliphatic carbocycles. The van der Waals surface area contributed by atoms with Crippen molar-refractivity contribution >= 4 is 33.0 Å². The highest BCUT2D eigenvalue weighted by atomic mass is 35.5. The number of nitrogens with one attached hydrogen (secondary N) is 1. The Morgan fingerprint density at radius 1 is 1.17 bits per heavy atom. The monoisotopic (exact) mass is 351 g/mol. The summed E-state index contributed by atoms with van der Waals surface area (Å²) in [4.78, 5) is 12.2. The van der Waals surface area contributed by atoms with E-state index in [0.29, 0.717) is 16.3 Å². The van der Waals surface area contributed by atoms with Gasteiger partial charge < -0.3 is 5.32 Å². The Morgan fingerprint density at radius 3 is 2.52 bits per heavy atom. The molecule has 0 aliphatic rings. The molecule has 0 heterocycles. The fraction of sp³-hybridized carbons (Fsp3) is 0.235. The number of sulfone groups is 1. The Morgan fingerprint density at radius 2 is 1.87 bits per heavy atom. The third-order valence-electron chi connectivity index (χ3n) is 3.49. The van der Waals surface area contributed by atoms with Gasteiger partial charge in [0, 0.05) is 0 Å². The molecule has 2 rings (SSSR count). The Kier molecular flexibility index (Phi) is 5.44. The predicted octanol–water partition coefficient (Wildman–Crippen LogP) is 3.59. The van der Waals surface area contributed by atoms with Crippen LogP contribution in [0.1, 0.15) is 18.1 Å². The lowest BCUT2D eigenvalue weighted by molar-refractivity contribution is -0.115. The molecule has 122 valence electrons. The summed E-state index contributed by atoms with van der Waals surface area (Å²) in [5.74, 6) is -0.767. The summed E-state index contributed by atoms with van der Waals surface area (Å²) in [5, 5.41) is 1.76. The molecule has 0 aliphatic heterocycles. The molecular weight excluding hydrogens is 334 g/mol. The number of para-hydroxylation sites is 1. The second kappa shape index (κ2) is 7.15. The van der Waals surface area contributed by atoms with Crippen LogP contribution in [0.15, 0.2) is 48.5 Å². The number of aryl methyl sites for hydroxylation is 1. The summed E-state index contributed by atoms with van der Waals surface area (Å²) < 4.78 is 24.9. The summed E-state index contributed by atoms with van der Waals surface area (Å²) in [6.45, 7) is 3.28. The summed E-state index contributed by atoms with van der Waals surface area (Å²) in [5.41, 5.74) is 2.05. The van der Waals surface area contributed by atoms with Gasteiger partial charge >= 0.3 is 0 Å². The van der Waals surface area contributed by atoms with Gasteiger partial charge in [0.2, 0.25) is 5.91 Å². The number of hydrogen-bond acceptors (Lipinski definition) is 3. The van der Waals surface area contributed by atoms with Crippen molar-refractivity contribution in [1.82, 2.24) is 0 Å². The molecule has 1 unspecified atom stereocenters. The van der Waals surface area contributed by atoms with Gasteiger partial charge in [0.15, 0.2) is 9.84 Å². The maximum atomic E-state index is 12.4. The van der Waals surface area contributed by atoms with Crippen molar-refractivity contribution < 1.29 is 13.2 Å². The summed E-state index contributed by atoms with van der Waals surface area (Å²) in [6.07, 6.45) is 0. The third kappa shape index (κ3) is 4.56. The molecule has 0 fully saturated rings. The van der Waals surface area contributed by atoms with Crippen molar-refractivity contribution in [3.05, 3.63) is 64.7 Å². The van der Waals surface area contributed by atoms with E-state index in [2.05, 4.69) is 5.32 Å². The minimum absolute atomic E-state index is 0.175. The average Bonchev–Trinajstić information content (AvgIpc) is 2.48. The number of halogens is 1. The second-order valence-corrected chi connectivity index (χ2v) is 8.14. The normalized spacial score (nSPS) is 12.7. The van der Waals surface area contributed by atoms with E-state index in [9.17, 15) is 13.2 Å². The van der Waals surface area contributed by atoms with Crippen molar-refractivity contribution in [2.45, 2.75) is 24.9 Å². The first kappa shape index (κ1) is 17.5. The van der Waals surface area contributed by atoms with Crippen LogP contribution in [-0.4, -0.2) is 19.6 Å². The highest BCUT2D eigenvalue weighted by Gasteiger charge is 2.28. The van der Waals surface area contributed by atoms with Gasteiger partial charge in [-0.05, 0) is 31.5 Å². The molecule has 1 amide bonds. The number of benzene rings is 2. The number of carbonyl (C=O) groups is 1. The zero-order valence-electron chi connectivity index (χ0n) is 12.9. The summed E-state index contributed by atoms with van der Waals surface area (Å²) in [7, 11) is -3.62. The fourth-order valence-electron chi connectivity index (χ4n) is 2.12.